The lowest BCUT2D eigenvalue weighted by Crippen LogP contribution is -2.41. The average Bonchev–Trinajstić information content (AvgIpc) is 1.56. The number of para-hydroxylation sites is 7. The van der Waals surface area contributed by atoms with E-state index in [4.69, 9.17) is 27.0 Å². The quantitative estimate of drug-likeness (QED) is 0.0700. The van der Waals surface area contributed by atoms with Crippen LogP contribution in [0.3, 0.4) is 0 Å². The van der Waals surface area contributed by atoms with Crippen LogP contribution < -0.4 is 21.4 Å². The molecule has 1 aliphatic heterocycles. The number of fused-ring (bicyclic) bond motifs is 25. The molecular formula is C120H117BBr2N3O10P. The van der Waals surface area contributed by atoms with Gasteiger partial charge in [-0.05, 0) is 177 Å². The lowest BCUT2D eigenvalue weighted by Gasteiger charge is -2.32. The third kappa shape index (κ3) is 21.5. The summed E-state index contributed by atoms with van der Waals surface area (Å²) in [6, 6.07) is 126. The molecule has 5 aromatic heterocycles. The minimum absolute atomic E-state index is 0.0908. The van der Waals surface area contributed by atoms with Crippen LogP contribution in [0.2, 0.25) is 0 Å². The number of benzene rings is 18. The molecular weight excluding hydrogens is 1840 g/mol. The van der Waals surface area contributed by atoms with Gasteiger partial charge in [0.2, 0.25) is 0 Å². The van der Waals surface area contributed by atoms with Crippen molar-refractivity contribution in [2.75, 3.05) is 0 Å². The van der Waals surface area contributed by atoms with Crippen LogP contribution in [0.4, 0.5) is 11.4 Å². The molecule has 23 aromatic rings. The molecule has 1 aliphatic rings. The number of nitro benzene ring substituents is 2. The van der Waals surface area contributed by atoms with Crippen molar-refractivity contribution in [3.05, 3.63) is 405 Å². The van der Waals surface area contributed by atoms with Gasteiger partial charge in [0, 0.05) is 81.5 Å². The molecule has 0 amide bonds. The number of nitrogens with zero attached hydrogens (tertiary/aromatic N) is 2. The number of furan rings is 4. The van der Waals surface area contributed by atoms with E-state index in [0.29, 0.717) is 10.0 Å². The molecule has 1 saturated heterocycles. The second kappa shape index (κ2) is 48.1. The smallest absolute Gasteiger partial charge is 0.456 e. The van der Waals surface area contributed by atoms with Crippen LogP contribution in [-0.2, 0) is 9.31 Å². The molecule has 18 aromatic carbocycles. The van der Waals surface area contributed by atoms with E-state index in [1.165, 1.54) is 87.3 Å². The van der Waals surface area contributed by atoms with Gasteiger partial charge in [0.1, 0.15) is 39.1 Å². The fraction of sp³-hybridized carbons (Fsp3) is 0.167. The third-order valence-electron chi connectivity index (χ3n) is 23.1. The van der Waals surface area contributed by atoms with Crippen LogP contribution >= 0.6 is 39.8 Å². The van der Waals surface area contributed by atoms with E-state index in [0.717, 1.165) is 109 Å². The molecule has 24 rings (SSSR count). The van der Waals surface area contributed by atoms with E-state index in [-0.39, 0.29) is 27.5 Å². The molecule has 0 atom stereocenters. The van der Waals surface area contributed by atoms with Crippen LogP contribution in [0.15, 0.2) is 403 Å². The zero-order valence-corrected chi connectivity index (χ0v) is 85.1. The van der Waals surface area contributed by atoms with Gasteiger partial charge in [-0.25, -0.2) is 0 Å². The fourth-order valence-corrected chi connectivity index (χ4v) is 20.1. The van der Waals surface area contributed by atoms with Gasteiger partial charge in [-0.3, -0.25) is 20.2 Å². The van der Waals surface area contributed by atoms with E-state index in [1.807, 2.05) is 206 Å². The predicted octanol–water partition coefficient (Wildman–Crippen LogP) is 36.2. The van der Waals surface area contributed by atoms with Crippen LogP contribution in [0.25, 0.3) is 164 Å². The van der Waals surface area contributed by atoms with Crippen LogP contribution in [0, 0.1) is 20.2 Å². The van der Waals surface area contributed by atoms with E-state index >= 15 is 0 Å². The Morgan fingerprint density at radius 1 is 0.277 bits per heavy atom. The number of hydrogen-bond donors (Lipinski definition) is 1. The predicted molar refractivity (Wildman–Crippen MR) is 595 cm³/mol. The Morgan fingerprint density at radius 2 is 0.584 bits per heavy atom. The molecule has 694 valence electrons. The summed E-state index contributed by atoms with van der Waals surface area (Å²) in [7, 11) is -0.860. The van der Waals surface area contributed by atoms with E-state index in [1.54, 1.807) is 30.3 Å². The molecule has 0 saturated carbocycles. The summed E-state index contributed by atoms with van der Waals surface area (Å²) < 4.78 is 38.6. The number of hydrogen-bond acceptors (Lipinski definition) is 10. The minimum Gasteiger partial charge on any atom is -0.456 e. The summed E-state index contributed by atoms with van der Waals surface area (Å²) in [5.41, 5.74) is 11.2. The molecule has 13 nitrogen and oxygen atoms in total. The Kier molecular flexibility index (Phi) is 35.8. The summed E-state index contributed by atoms with van der Waals surface area (Å²) in [6.07, 6.45) is 0. The lowest BCUT2D eigenvalue weighted by atomic mass is 9.75. The Labute approximate surface area is 820 Å². The number of nitrogens with one attached hydrogen (secondary N) is 1. The van der Waals surface area contributed by atoms with Crippen molar-refractivity contribution in [1.82, 2.24) is 4.98 Å². The zero-order valence-electron chi connectivity index (χ0n) is 81.1. The van der Waals surface area contributed by atoms with Crippen molar-refractivity contribution in [2.24, 2.45) is 0 Å². The minimum atomic E-state index is -0.446. The van der Waals surface area contributed by atoms with Gasteiger partial charge in [0.05, 0.1) is 36.6 Å². The number of rotatable bonds is 7. The highest BCUT2D eigenvalue weighted by Crippen LogP contribution is 2.47. The third-order valence-corrected chi connectivity index (χ3v) is 26.9. The maximum absolute atomic E-state index is 11.5. The van der Waals surface area contributed by atoms with Crippen LogP contribution in [0.5, 0.6) is 0 Å². The van der Waals surface area contributed by atoms with Crippen molar-refractivity contribution in [2.45, 2.75) is 136 Å². The SMILES string of the molecule is Brc1cc2oc3ccccc3c2c2ccccc12.CC.CC.CC.CC.CC.CC.CC.CC1(C)OB(c2cc3oc4ccccc4c3c3ccccc23)OC1(C)C.O=[N+]([O-])c1ccccc1-c1cc2oc3ccccc3c2c2ccccc12.O=[N+]([O-])c1ccccc1Br.c1ccc(P(c2ccccc2)c2ccccc2)cc1.c1ccc2c(c1)[nH]c1c3oc4ccccc4c3c3ccccc3c21. The first-order valence-corrected chi connectivity index (χ1v) is 50.3. The number of nitro groups is 2. The first kappa shape index (κ1) is 102. The first-order valence-electron chi connectivity index (χ1n) is 47.3. The Hall–Kier alpha value is -13.8. The summed E-state index contributed by atoms with van der Waals surface area (Å²) in [5.74, 6) is 0. The van der Waals surface area contributed by atoms with Gasteiger partial charge in [0.25, 0.3) is 11.4 Å². The number of aromatic nitrogens is 1. The summed E-state index contributed by atoms with van der Waals surface area (Å²) in [5, 5.41) is 46.8. The normalized spacial score (nSPS) is 11.9. The maximum Gasteiger partial charge on any atom is 0.495 e. The topological polar surface area (TPSA) is 173 Å². The Bertz CT molecular complexity index is 7770. The maximum atomic E-state index is 11.5. The van der Waals surface area contributed by atoms with Gasteiger partial charge in [-0.1, -0.05) is 416 Å². The molecule has 0 radical (unpaired) electrons. The van der Waals surface area contributed by atoms with Crippen molar-refractivity contribution in [3.63, 3.8) is 0 Å². The highest BCUT2D eigenvalue weighted by atomic mass is 79.9. The first-order chi connectivity index (χ1) is 67.0. The second-order valence-electron chi connectivity index (χ2n) is 31.0. The molecule has 1 fully saturated rings. The van der Waals surface area contributed by atoms with Gasteiger partial charge in [-0.2, -0.15) is 0 Å². The molecule has 6 heterocycles. The lowest BCUT2D eigenvalue weighted by molar-refractivity contribution is -0.385. The summed E-state index contributed by atoms with van der Waals surface area (Å²) >= 11 is 6.67. The number of H-pyrrole nitrogens is 1. The molecule has 0 bridgehead atoms. The van der Waals surface area contributed by atoms with E-state index in [9.17, 15) is 20.2 Å². The molecule has 137 heavy (non-hydrogen) atoms. The monoisotopic (exact) mass is 1960 g/mol. The Balaban J connectivity index is 0.000000146. The average molecular weight is 1960 g/mol. The largest absolute Gasteiger partial charge is 0.495 e. The van der Waals surface area contributed by atoms with Gasteiger partial charge >= 0.3 is 7.12 Å². The fourth-order valence-electron chi connectivity index (χ4n) is 16.8. The number of halogens is 2. The highest BCUT2D eigenvalue weighted by Gasteiger charge is 2.52. The number of aromatic amines is 1. The molecule has 0 unspecified atom stereocenters. The van der Waals surface area contributed by atoms with Crippen LogP contribution in [-0.4, -0.2) is 33.2 Å². The second-order valence-corrected chi connectivity index (χ2v) is 34.9. The molecule has 0 spiro atoms. The highest BCUT2D eigenvalue weighted by molar-refractivity contribution is 9.11. The van der Waals surface area contributed by atoms with Crippen molar-refractivity contribution < 1.29 is 36.8 Å². The van der Waals surface area contributed by atoms with Gasteiger partial charge < -0.3 is 32.0 Å². The molecule has 0 aliphatic carbocycles. The van der Waals surface area contributed by atoms with E-state index in [2.05, 4.69) is 289 Å². The van der Waals surface area contributed by atoms with Gasteiger partial charge in [0.15, 0.2) is 5.58 Å². The van der Waals surface area contributed by atoms with Crippen molar-refractivity contribution >= 4 is 232 Å². The molecule has 1 N–H and O–H groups in total. The van der Waals surface area contributed by atoms with Gasteiger partial charge in [-0.15, -0.1) is 0 Å². The van der Waals surface area contributed by atoms with Crippen molar-refractivity contribution in [1.29, 1.82) is 0 Å². The van der Waals surface area contributed by atoms with E-state index < -0.39 is 20.0 Å². The van der Waals surface area contributed by atoms with Crippen molar-refractivity contribution in [3.8, 4) is 11.1 Å². The standard InChI is InChI=1S/C22H21BO3.C22H13NO3.C22H13NO.C18H15P.C16H9BrO.C6H4BrNO2.7C2H6/c1-21(2)22(3,4)26-23(25-21)17-13-19-20(15-10-6-5-9-14(15)17)16-11-7-8-12-18(16)24-19;24-23(25)19-11-5-3-8-15(19)18-13-21-22(16-9-2-1-7-14(16)18)17-10-4-6-12-20(17)26-21;1-2-8-14-13(7-1)19-15-9-3-5-11-17(15)23-21(19)22-20(14)16-10-4-6-12-18(16)24-22;1-4-10-16(11-5-1)19(17-12-6-2-7-13-17)18-14-8-3-9-15-18;17-13-9-15-16(11-6-2-1-5-10(11)13)12-7-3-4-8-14(12)18-15;7-5-3-1-2-4-6(5)8(9)10;7*1-2/h5-13H,1-4H3;1-13H;1-12,23H;1-15H;1-9H;1-4H;7*1-2H3. The zero-order chi connectivity index (χ0) is 98.0. The molecule has 17 heteroatoms. The summed E-state index contributed by atoms with van der Waals surface area (Å²) in [6.45, 7) is 36.3. The summed E-state index contributed by atoms with van der Waals surface area (Å²) in [4.78, 5) is 24.5. The Morgan fingerprint density at radius 3 is 1.01 bits per heavy atom. The van der Waals surface area contributed by atoms with Crippen LogP contribution in [0.1, 0.15) is 125 Å².